The number of aromatic nitrogens is 2. The summed E-state index contributed by atoms with van der Waals surface area (Å²) in [5.41, 5.74) is 0.979. The number of hydrogen-bond acceptors (Lipinski definition) is 4. The van der Waals surface area contributed by atoms with Crippen molar-refractivity contribution in [3.8, 4) is 5.88 Å². The van der Waals surface area contributed by atoms with Gasteiger partial charge in [-0.15, -0.1) is 0 Å². The van der Waals surface area contributed by atoms with E-state index in [4.69, 9.17) is 4.74 Å². The summed E-state index contributed by atoms with van der Waals surface area (Å²) >= 11 is 0. The van der Waals surface area contributed by atoms with Crippen molar-refractivity contribution in [2.75, 3.05) is 11.9 Å². The van der Waals surface area contributed by atoms with Crippen LogP contribution >= 0.6 is 0 Å². The average molecular weight is 251 g/mol. The Hall–Kier alpha value is -1.32. The predicted molar refractivity (Wildman–Crippen MR) is 75.1 cm³/mol. The summed E-state index contributed by atoms with van der Waals surface area (Å²) in [6.45, 7) is 11.4. The molecule has 0 saturated carbocycles. The monoisotopic (exact) mass is 251 g/mol. The molecule has 0 aromatic carbocycles. The maximum Gasteiger partial charge on any atom is 0.225 e. The van der Waals surface area contributed by atoms with Gasteiger partial charge < -0.3 is 10.1 Å². The Morgan fingerprint density at radius 2 is 2.06 bits per heavy atom. The van der Waals surface area contributed by atoms with Gasteiger partial charge in [0.25, 0.3) is 0 Å². The number of rotatable bonds is 7. The van der Waals surface area contributed by atoms with Gasteiger partial charge in [-0.25, -0.2) is 4.98 Å². The van der Waals surface area contributed by atoms with Gasteiger partial charge in [-0.05, 0) is 32.6 Å². The molecule has 4 nitrogen and oxygen atoms in total. The topological polar surface area (TPSA) is 47.0 Å². The van der Waals surface area contributed by atoms with Gasteiger partial charge in [0.05, 0.1) is 6.10 Å². The summed E-state index contributed by atoms with van der Waals surface area (Å²) in [4.78, 5) is 8.66. The Balaban J connectivity index is 2.68. The van der Waals surface area contributed by atoms with Gasteiger partial charge >= 0.3 is 0 Å². The van der Waals surface area contributed by atoms with Gasteiger partial charge in [0, 0.05) is 18.3 Å². The van der Waals surface area contributed by atoms with E-state index in [-0.39, 0.29) is 6.10 Å². The lowest BCUT2D eigenvalue weighted by Crippen LogP contribution is -2.16. The van der Waals surface area contributed by atoms with E-state index in [1.165, 1.54) is 0 Å². The van der Waals surface area contributed by atoms with Crippen molar-refractivity contribution in [2.24, 2.45) is 5.92 Å². The van der Waals surface area contributed by atoms with Gasteiger partial charge in [-0.2, -0.15) is 4.98 Å². The molecule has 0 radical (unpaired) electrons. The molecule has 1 N–H and O–H groups in total. The normalized spacial score (nSPS) is 12.6. The fraction of sp³-hybridized carbons (Fsp3) is 0.714. The van der Waals surface area contributed by atoms with Crippen molar-refractivity contribution in [1.82, 2.24) is 9.97 Å². The Kier molecular flexibility index (Phi) is 5.89. The minimum atomic E-state index is 0.178. The molecule has 0 spiro atoms. The van der Waals surface area contributed by atoms with E-state index in [0.29, 0.717) is 17.7 Å². The van der Waals surface area contributed by atoms with E-state index in [1.54, 1.807) is 0 Å². The number of aryl methyl sites for hydroxylation is 1. The molecule has 4 heteroatoms. The molecule has 0 saturated heterocycles. The third-order valence-corrected chi connectivity index (χ3v) is 2.57. The van der Waals surface area contributed by atoms with Crippen LogP contribution in [0.5, 0.6) is 5.88 Å². The summed E-state index contributed by atoms with van der Waals surface area (Å²) in [6, 6.07) is 0. The van der Waals surface area contributed by atoms with Crippen molar-refractivity contribution in [3.05, 3.63) is 11.8 Å². The maximum atomic E-state index is 5.89. The average Bonchev–Trinajstić information content (AvgIpc) is 2.29. The van der Waals surface area contributed by atoms with Crippen LogP contribution in [0.3, 0.4) is 0 Å². The van der Waals surface area contributed by atoms with Crippen molar-refractivity contribution in [2.45, 2.75) is 53.6 Å². The third-order valence-electron chi connectivity index (χ3n) is 2.57. The second-order valence-corrected chi connectivity index (χ2v) is 5.17. The minimum Gasteiger partial charge on any atom is -0.474 e. The molecule has 0 aliphatic heterocycles. The Labute approximate surface area is 110 Å². The van der Waals surface area contributed by atoms with E-state index in [0.717, 1.165) is 24.9 Å². The number of nitrogens with one attached hydrogen (secondary N) is 1. The van der Waals surface area contributed by atoms with Gasteiger partial charge in [-0.3, -0.25) is 0 Å². The predicted octanol–water partition coefficient (Wildman–Crippen LogP) is 3.42. The van der Waals surface area contributed by atoms with Crippen LogP contribution in [-0.4, -0.2) is 22.6 Å². The van der Waals surface area contributed by atoms with Gasteiger partial charge in [0.15, 0.2) is 0 Å². The highest BCUT2D eigenvalue weighted by Gasteiger charge is 2.11. The summed E-state index contributed by atoms with van der Waals surface area (Å²) in [5, 5.41) is 3.17. The van der Waals surface area contributed by atoms with Crippen LogP contribution in [0.1, 0.15) is 46.1 Å². The van der Waals surface area contributed by atoms with Gasteiger partial charge in [-0.1, -0.05) is 20.8 Å². The Bertz CT molecular complexity index is 366. The van der Waals surface area contributed by atoms with Crippen LogP contribution in [0.4, 0.5) is 5.95 Å². The molecule has 0 amide bonds. The number of ether oxygens (including phenoxy) is 1. The highest BCUT2D eigenvalue weighted by atomic mass is 16.5. The van der Waals surface area contributed by atoms with Crippen LogP contribution in [0.2, 0.25) is 0 Å². The summed E-state index contributed by atoms with van der Waals surface area (Å²) in [5.74, 6) is 1.96. The van der Waals surface area contributed by atoms with E-state index in [1.807, 2.05) is 13.1 Å². The fourth-order valence-electron chi connectivity index (χ4n) is 1.77. The van der Waals surface area contributed by atoms with Crippen LogP contribution in [0, 0.1) is 12.8 Å². The van der Waals surface area contributed by atoms with Crippen molar-refractivity contribution in [1.29, 1.82) is 0 Å². The van der Waals surface area contributed by atoms with E-state index in [9.17, 15) is 0 Å². The summed E-state index contributed by atoms with van der Waals surface area (Å²) in [7, 11) is 0. The summed E-state index contributed by atoms with van der Waals surface area (Å²) < 4.78 is 5.89. The smallest absolute Gasteiger partial charge is 0.225 e. The zero-order valence-corrected chi connectivity index (χ0v) is 12.2. The highest BCUT2D eigenvalue weighted by Crippen LogP contribution is 2.19. The molecule has 1 aromatic rings. The minimum absolute atomic E-state index is 0.178. The molecule has 1 atom stereocenters. The highest BCUT2D eigenvalue weighted by molar-refractivity contribution is 5.32. The quantitative estimate of drug-likeness (QED) is 0.806. The SMILES string of the molecule is CCCNc1ncc(C)c(OC(C)CC(C)C)n1. The lowest BCUT2D eigenvalue weighted by Gasteiger charge is -2.17. The molecule has 0 aliphatic rings. The first-order valence-electron chi connectivity index (χ1n) is 6.77. The number of nitrogens with zero attached hydrogens (tertiary/aromatic N) is 2. The second-order valence-electron chi connectivity index (χ2n) is 5.17. The van der Waals surface area contributed by atoms with E-state index >= 15 is 0 Å². The van der Waals surface area contributed by atoms with Crippen molar-refractivity contribution < 1.29 is 4.74 Å². The van der Waals surface area contributed by atoms with Crippen molar-refractivity contribution >= 4 is 5.95 Å². The van der Waals surface area contributed by atoms with Gasteiger partial charge in [0.2, 0.25) is 11.8 Å². The first-order chi connectivity index (χ1) is 8.52. The fourth-order valence-corrected chi connectivity index (χ4v) is 1.77. The van der Waals surface area contributed by atoms with Crippen molar-refractivity contribution in [3.63, 3.8) is 0 Å². The molecular formula is C14H25N3O. The second kappa shape index (κ2) is 7.19. The molecule has 18 heavy (non-hydrogen) atoms. The molecule has 1 heterocycles. The largest absolute Gasteiger partial charge is 0.474 e. The molecular weight excluding hydrogens is 226 g/mol. The van der Waals surface area contributed by atoms with Crippen LogP contribution in [-0.2, 0) is 0 Å². The number of hydrogen-bond donors (Lipinski definition) is 1. The van der Waals surface area contributed by atoms with E-state index < -0.39 is 0 Å². The molecule has 1 unspecified atom stereocenters. The van der Waals surface area contributed by atoms with Crippen LogP contribution < -0.4 is 10.1 Å². The molecule has 0 fully saturated rings. The standard InChI is InChI=1S/C14H25N3O/c1-6-7-15-14-16-9-11(4)13(17-14)18-12(5)8-10(2)3/h9-10,12H,6-8H2,1-5H3,(H,15,16,17). The summed E-state index contributed by atoms with van der Waals surface area (Å²) in [6.07, 6.45) is 4.07. The Morgan fingerprint density at radius 3 is 2.67 bits per heavy atom. The number of anilines is 1. The first-order valence-corrected chi connectivity index (χ1v) is 6.77. The lowest BCUT2D eigenvalue weighted by molar-refractivity contribution is 0.184. The van der Waals surface area contributed by atoms with Crippen LogP contribution in [0.25, 0.3) is 0 Å². The first kappa shape index (κ1) is 14.7. The van der Waals surface area contributed by atoms with E-state index in [2.05, 4.69) is 43.0 Å². The third kappa shape index (κ3) is 4.90. The molecule has 0 aliphatic carbocycles. The Morgan fingerprint density at radius 1 is 1.33 bits per heavy atom. The maximum absolute atomic E-state index is 5.89. The zero-order chi connectivity index (χ0) is 13.5. The van der Waals surface area contributed by atoms with Gasteiger partial charge in [0.1, 0.15) is 0 Å². The molecule has 1 rings (SSSR count). The molecule has 102 valence electrons. The van der Waals surface area contributed by atoms with Crippen LogP contribution in [0.15, 0.2) is 6.20 Å². The zero-order valence-electron chi connectivity index (χ0n) is 12.2. The molecule has 0 bridgehead atoms. The molecule has 1 aromatic heterocycles. The lowest BCUT2D eigenvalue weighted by atomic mass is 10.1.